The van der Waals surface area contributed by atoms with Crippen LogP contribution in [-0.4, -0.2) is 13.1 Å². The van der Waals surface area contributed by atoms with Gasteiger partial charge in [0.15, 0.2) is 0 Å². The first kappa shape index (κ1) is 12.4. The van der Waals surface area contributed by atoms with Crippen LogP contribution in [0.5, 0.6) is 0 Å². The Morgan fingerprint density at radius 1 is 1.26 bits per heavy atom. The highest BCUT2D eigenvalue weighted by Gasteiger charge is 2.55. The molecule has 1 N–H and O–H groups in total. The molecule has 19 heavy (non-hydrogen) atoms. The average Bonchev–Trinajstić information content (AvgIpc) is 3.00. The van der Waals surface area contributed by atoms with E-state index < -0.39 is 0 Å². The van der Waals surface area contributed by atoms with Gasteiger partial charge < -0.3 is 5.32 Å². The molecule has 2 aliphatic carbocycles. The summed E-state index contributed by atoms with van der Waals surface area (Å²) in [4.78, 5) is 0. The van der Waals surface area contributed by atoms with Crippen molar-refractivity contribution in [2.45, 2.75) is 38.0 Å². The Labute approximate surface area is 124 Å². The molecule has 1 aromatic rings. The lowest BCUT2D eigenvalue weighted by atomic mass is 9.60. The zero-order valence-electron chi connectivity index (χ0n) is 11.4. The second-order valence-electron chi connectivity index (χ2n) is 6.88. The molecular formula is C17H22BrN. The summed E-state index contributed by atoms with van der Waals surface area (Å²) in [5.41, 5.74) is 2.17. The number of hydrogen-bond acceptors (Lipinski definition) is 1. The molecule has 1 saturated heterocycles. The van der Waals surface area contributed by atoms with E-state index in [9.17, 15) is 0 Å². The maximum Gasteiger partial charge on any atom is 0.0178 e. The van der Waals surface area contributed by atoms with E-state index >= 15 is 0 Å². The van der Waals surface area contributed by atoms with Gasteiger partial charge >= 0.3 is 0 Å². The second-order valence-corrected chi connectivity index (χ2v) is 7.79. The van der Waals surface area contributed by atoms with Gasteiger partial charge in [0.1, 0.15) is 0 Å². The molecule has 4 rings (SSSR count). The van der Waals surface area contributed by atoms with Gasteiger partial charge in [-0.1, -0.05) is 34.5 Å². The van der Waals surface area contributed by atoms with Gasteiger partial charge in [0.2, 0.25) is 0 Å². The van der Waals surface area contributed by atoms with E-state index in [0.29, 0.717) is 5.41 Å². The molecule has 3 aliphatic rings. The highest BCUT2D eigenvalue weighted by atomic mass is 79.9. The molecule has 3 fully saturated rings. The van der Waals surface area contributed by atoms with Gasteiger partial charge in [-0.2, -0.15) is 0 Å². The number of benzene rings is 1. The van der Waals surface area contributed by atoms with Crippen LogP contribution in [0.4, 0.5) is 0 Å². The molecule has 102 valence electrons. The molecule has 2 bridgehead atoms. The van der Waals surface area contributed by atoms with Gasteiger partial charge in [0, 0.05) is 16.9 Å². The van der Waals surface area contributed by atoms with Crippen molar-refractivity contribution in [3.05, 3.63) is 34.3 Å². The maximum atomic E-state index is 3.65. The molecule has 0 aromatic heterocycles. The van der Waals surface area contributed by atoms with Crippen LogP contribution >= 0.6 is 15.9 Å². The Morgan fingerprint density at radius 3 is 2.95 bits per heavy atom. The van der Waals surface area contributed by atoms with Gasteiger partial charge in [0.05, 0.1) is 0 Å². The number of halogens is 1. The Bertz CT molecular complexity index is 486. The molecular weight excluding hydrogens is 298 g/mol. The van der Waals surface area contributed by atoms with Crippen LogP contribution in [0.2, 0.25) is 0 Å². The topological polar surface area (TPSA) is 12.0 Å². The van der Waals surface area contributed by atoms with Gasteiger partial charge in [-0.05, 0) is 67.2 Å². The lowest BCUT2D eigenvalue weighted by Gasteiger charge is -2.48. The van der Waals surface area contributed by atoms with Gasteiger partial charge in [0.25, 0.3) is 0 Å². The predicted molar refractivity (Wildman–Crippen MR) is 82.3 cm³/mol. The fraction of sp³-hybridized carbons (Fsp3) is 0.647. The predicted octanol–water partition coefficient (Wildman–Crippen LogP) is 4.33. The zero-order chi connectivity index (χ0) is 12.9. The third-order valence-corrected chi connectivity index (χ3v) is 6.58. The van der Waals surface area contributed by atoms with E-state index in [1.165, 1.54) is 49.7 Å². The van der Waals surface area contributed by atoms with Crippen molar-refractivity contribution < 1.29 is 0 Å². The molecule has 4 unspecified atom stereocenters. The summed E-state index contributed by atoms with van der Waals surface area (Å²) in [7, 11) is 0. The molecule has 1 aliphatic heterocycles. The van der Waals surface area contributed by atoms with Crippen LogP contribution in [0.15, 0.2) is 28.7 Å². The standard InChI is InChI=1S/C17H22BrN/c18-15-3-1-2-13(9-15)16-11-19-7-6-17(16)10-12-4-5-14(17)8-12/h1-3,9,12,14,16,19H,4-8,10-11H2. The number of fused-ring (bicyclic) bond motifs is 3. The SMILES string of the molecule is Brc1cccc(C2CNCCC23CC2CCC3C2)c1. The fourth-order valence-electron chi connectivity index (χ4n) is 5.34. The summed E-state index contributed by atoms with van der Waals surface area (Å²) in [5.74, 6) is 2.77. The first-order valence-corrected chi connectivity index (χ1v) is 8.53. The number of piperidine rings is 1. The third-order valence-electron chi connectivity index (χ3n) is 6.08. The summed E-state index contributed by atoms with van der Waals surface area (Å²) < 4.78 is 1.23. The summed E-state index contributed by atoms with van der Waals surface area (Å²) >= 11 is 3.65. The summed E-state index contributed by atoms with van der Waals surface area (Å²) in [6.07, 6.45) is 7.41. The first-order chi connectivity index (χ1) is 9.28. The summed E-state index contributed by atoms with van der Waals surface area (Å²) in [5, 5.41) is 3.65. The molecule has 1 nitrogen and oxygen atoms in total. The molecule has 0 amide bonds. The van der Waals surface area contributed by atoms with Crippen molar-refractivity contribution in [3.63, 3.8) is 0 Å². The van der Waals surface area contributed by atoms with Crippen molar-refractivity contribution in [2.24, 2.45) is 17.3 Å². The molecule has 1 aromatic carbocycles. The fourth-order valence-corrected chi connectivity index (χ4v) is 5.75. The molecule has 2 saturated carbocycles. The molecule has 0 radical (unpaired) electrons. The van der Waals surface area contributed by atoms with Gasteiger partial charge in [-0.15, -0.1) is 0 Å². The van der Waals surface area contributed by atoms with Crippen molar-refractivity contribution in [1.82, 2.24) is 5.32 Å². The van der Waals surface area contributed by atoms with Crippen LogP contribution < -0.4 is 5.32 Å². The summed E-state index contributed by atoms with van der Waals surface area (Å²) in [6.45, 7) is 2.41. The quantitative estimate of drug-likeness (QED) is 0.812. The Balaban J connectivity index is 1.72. The van der Waals surface area contributed by atoms with E-state index in [2.05, 4.69) is 45.5 Å². The minimum Gasteiger partial charge on any atom is -0.316 e. The van der Waals surface area contributed by atoms with Gasteiger partial charge in [-0.3, -0.25) is 0 Å². The van der Waals surface area contributed by atoms with Crippen molar-refractivity contribution >= 4 is 15.9 Å². The molecule has 2 heteroatoms. The molecule has 4 atom stereocenters. The minimum atomic E-state index is 0.620. The average molecular weight is 320 g/mol. The summed E-state index contributed by atoms with van der Waals surface area (Å²) in [6, 6.07) is 9.05. The van der Waals surface area contributed by atoms with Crippen molar-refractivity contribution in [3.8, 4) is 0 Å². The van der Waals surface area contributed by atoms with Crippen LogP contribution in [-0.2, 0) is 0 Å². The van der Waals surface area contributed by atoms with Crippen LogP contribution in [0.25, 0.3) is 0 Å². The monoisotopic (exact) mass is 319 g/mol. The smallest absolute Gasteiger partial charge is 0.0178 e. The Kier molecular flexibility index (Phi) is 3.00. The largest absolute Gasteiger partial charge is 0.316 e. The van der Waals surface area contributed by atoms with Gasteiger partial charge in [-0.25, -0.2) is 0 Å². The van der Waals surface area contributed by atoms with Crippen LogP contribution in [0.3, 0.4) is 0 Å². The van der Waals surface area contributed by atoms with E-state index in [0.717, 1.165) is 17.8 Å². The lowest BCUT2D eigenvalue weighted by molar-refractivity contribution is 0.0819. The highest BCUT2D eigenvalue weighted by molar-refractivity contribution is 9.10. The van der Waals surface area contributed by atoms with E-state index in [1.807, 2.05) is 0 Å². The van der Waals surface area contributed by atoms with E-state index in [1.54, 1.807) is 5.56 Å². The third kappa shape index (κ3) is 1.91. The Hall–Kier alpha value is -0.340. The van der Waals surface area contributed by atoms with Crippen molar-refractivity contribution in [1.29, 1.82) is 0 Å². The number of rotatable bonds is 1. The second kappa shape index (κ2) is 4.60. The van der Waals surface area contributed by atoms with E-state index in [4.69, 9.17) is 0 Å². The van der Waals surface area contributed by atoms with Crippen molar-refractivity contribution in [2.75, 3.05) is 13.1 Å². The maximum absolute atomic E-state index is 3.65. The van der Waals surface area contributed by atoms with Crippen LogP contribution in [0.1, 0.15) is 43.6 Å². The number of hydrogen-bond donors (Lipinski definition) is 1. The number of nitrogens with one attached hydrogen (secondary N) is 1. The molecule has 1 heterocycles. The Morgan fingerprint density at radius 2 is 2.21 bits per heavy atom. The first-order valence-electron chi connectivity index (χ1n) is 7.74. The lowest BCUT2D eigenvalue weighted by Crippen LogP contribution is -2.46. The normalized spacial score (nSPS) is 41.0. The minimum absolute atomic E-state index is 0.620. The van der Waals surface area contributed by atoms with E-state index in [-0.39, 0.29) is 0 Å². The zero-order valence-corrected chi connectivity index (χ0v) is 13.0. The molecule has 1 spiro atoms. The van der Waals surface area contributed by atoms with Crippen LogP contribution in [0, 0.1) is 17.3 Å². The highest BCUT2D eigenvalue weighted by Crippen LogP contribution is 2.63.